The van der Waals surface area contributed by atoms with Crippen molar-refractivity contribution in [3.63, 3.8) is 0 Å². The third-order valence-electron chi connectivity index (χ3n) is 5.03. The van der Waals surface area contributed by atoms with Crippen LogP contribution in [-0.4, -0.2) is 6.04 Å². The van der Waals surface area contributed by atoms with Crippen LogP contribution >= 0.6 is 11.6 Å². The zero-order chi connectivity index (χ0) is 14.8. The number of hydrogen-bond acceptors (Lipinski definition) is 1. The molecule has 3 heteroatoms. The summed E-state index contributed by atoms with van der Waals surface area (Å²) < 4.78 is 13.8. The molecule has 0 aromatic heterocycles. The summed E-state index contributed by atoms with van der Waals surface area (Å²) >= 11 is 5.78. The van der Waals surface area contributed by atoms with Gasteiger partial charge in [0.05, 0.1) is 5.69 Å². The van der Waals surface area contributed by atoms with E-state index in [0.29, 0.717) is 22.2 Å². The quantitative estimate of drug-likeness (QED) is 0.731. The van der Waals surface area contributed by atoms with Gasteiger partial charge in [0.15, 0.2) is 0 Å². The largest absolute Gasteiger partial charge is 0.380 e. The van der Waals surface area contributed by atoms with Crippen molar-refractivity contribution in [3.8, 4) is 0 Å². The molecule has 20 heavy (non-hydrogen) atoms. The molecule has 0 aliphatic heterocycles. The van der Waals surface area contributed by atoms with Gasteiger partial charge in [-0.15, -0.1) is 0 Å². The highest BCUT2D eigenvalue weighted by molar-refractivity contribution is 6.30. The van der Waals surface area contributed by atoms with Crippen LogP contribution in [0.5, 0.6) is 0 Å². The van der Waals surface area contributed by atoms with Crippen LogP contribution in [0, 0.1) is 17.2 Å². The molecule has 1 N–H and O–H groups in total. The van der Waals surface area contributed by atoms with Crippen LogP contribution in [0.2, 0.25) is 5.02 Å². The second-order valence-corrected chi connectivity index (χ2v) is 7.10. The summed E-state index contributed by atoms with van der Waals surface area (Å²) in [6, 6.07) is 5.23. The third-order valence-corrected chi connectivity index (χ3v) is 5.27. The van der Waals surface area contributed by atoms with E-state index >= 15 is 0 Å². The van der Waals surface area contributed by atoms with Crippen LogP contribution < -0.4 is 5.32 Å². The van der Waals surface area contributed by atoms with Gasteiger partial charge < -0.3 is 5.32 Å². The van der Waals surface area contributed by atoms with Gasteiger partial charge >= 0.3 is 0 Å². The fourth-order valence-corrected chi connectivity index (χ4v) is 3.29. The Morgan fingerprint density at radius 1 is 1.25 bits per heavy atom. The van der Waals surface area contributed by atoms with Crippen molar-refractivity contribution >= 4 is 17.3 Å². The van der Waals surface area contributed by atoms with Crippen LogP contribution in [0.3, 0.4) is 0 Å². The molecule has 1 fully saturated rings. The van der Waals surface area contributed by atoms with Gasteiger partial charge in [0, 0.05) is 11.1 Å². The van der Waals surface area contributed by atoms with E-state index < -0.39 is 0 Å². The van der Waals surface area contributed by atoms with E-state index in [1.165, 1.54) is 25.3 Å². The van der Waals surface area contributed by atoms with Crippen molar-refractivity contribution in [3.05, 3.63) is 29.0 Å². The van der Waals surface area contributed by atoms with Gasteiger partial charge in [0.2, 0.25) is 0 Å². The van der Waals surface area contributed by atoms with E-state index in [9.17, 15) is 4.39 Å². The second-order valence-electron chi connectivity index (χ2n) is 6.66. The van der Waals surface area contributed by atoms with Gasteiger partial charge in [-0.3, -0.25) is 0 Å². The van der Waals surface area contributed by atoms with Gasteiger partial charge in [-0.2, -0.15) is 0 Å². The fourth-order valence-electron chi connectivity index (χ4n) is 3.13. The zero-order valence-electron chi connectivity index (χ0n) is 12.7. The Kier molecular flexibility index (Phi) is 4.95. The van der Waals surface area contributed by atoms with E-state index in [1.54, 1.807) is 12.1 Å². The first-order valence-electron chi connectivity index (χ1n) is 7.64. The number of halogens is 2. The first kappa shape index (κ1) is 15.6. The van der Waals surface area contributed by atoms with Crippen molar-refractivity contribution < 1.29 is 4.39 Å². The Hall–Kier alpha value is -0.760. The lowest BCUT2D eigenvalue weighted by molar-refractivity contribution is 0.147. The summed E-state index contributed by atoms with van der Waals surface area (Å²) in [5.74, 6) is 0.536. The number of rotatable bonds is 4. The molecule has 1 nitrogen and oxygen atoms in total. The third kappa shape index (κ3) is 3.66. The Labute approximate surface area is 126 Å². The highest BCUT2D eigenvalue weighted by Crippen LogP contribution is 2.41. The molecule has 0 heterocycles. The van der Waals surface area contributed by atoms with E-state index in [1.807, 2.05) is 0 Å². The summed E-state index contributed by atoms with van der Waals surface area (Å²) in [7, 11) is 0. The maximum atomic E-state index is 13.8. The summed E-state index contributed by atoms with van der Waals surface area (Å²) in [6.07, 6.45) is 5.93. The van der Waals surface area contributed by atoms with Crippen LogP contribution in [0.25, 0.3) is 0 Å². The molecule has 0 saturated heterocycles. The highest BCUT2D eigenvalue weighted by atomic mass is 35.5. The molecule has 0 amide bonds. The van der Waals surface area contributed by atoms with E-state index in [0.717, 1.165) is 18.8 Å². The van der Waals surface area contributed by atoms with Crippen LogP contribution in [-0.2, 0) is 0 Å². The molecule has 112 valence electrons. The summed E-state index contributed by atoms with van der Waals surface area (Å²) in [5.41, 5.74) is 1.00. The van der Waals surface area contributed by atoms with Gasteiger partial charge in [-0.25, -0.2) is 4.39 Å². The van der Waals surface area contributed by atoms with Crippen molar-refractivity contribution in [2.45, 2.75) is 58.9 Å². The molecule has 1 aliphatic rings. The topological polar surface area (TPSA) is 12.0 Å². The fraction of sp³-hybridized carbons (Fsp3) is 0.647. The molecule has 1 aromatic carbocycles. The first-order valence-corrected chi connectivity index (χ1v) is 8.01. The summed E-state index contributed by atoms with van der Waals surface area (Å²) in [6.45, 7) is 7.00. The van der Waals surface area contributed by atoms with Crippen LogP contribution in [0.4, 0.5) is 10.1 Å². The molecule has 2 rings (SSSR count). The Morgan fingerprint density at radius 2 is 1.90 bits per heavy atom. The van der Waals surface area contributed by atoms with Crippen LogP contribution in [0.15, 0.2) is 18.2 Å². The highest BCUT2D eigenvalue weighted by Gasteiger charge is 2.31. The van der Waals surface area contributed by atoms with Crippen molar-refractivity contribution in [2.75, 3.05) is 5.32 Å². The average molecular weight is 298 g/mol. The second kappa shape index (κ2) is 6.34. The zero-order valence-corrected chi connectivity index (χ0v) is 13.4. The Morgan fingerprint density at radius 3 is 2.45 bits per heavy atom. The van der Waals surface area contributed by atoms with Crippen molar-refractivity contribution in [2.24, 2.45) is 11.3 Å². The predicted molar refractivity (Wildman–Crippen MR) is 84.9 cm³/mol. The molecule has 0 spiro atoms. The normalized spacial score (nSPS) is 23.6. The smallest absolute Gasteiger partial charge is 0.147 e. The number of anilines is 1. The maximum Gasteiger partial charge on any atom is 0.147 e. The number of benzene rings is 1. The molecule has 0 radical (unpaired) electrons. The Bertz CT molecular complexity index is 450. The summed E-state index contributed by atoms with van der Waals surface area (Å²) in [4.78, 5) is 0. The molecule has 1 aliphatic carbocycles. The predicted octanol–water partition coefficient (Wildman–Crippen LogP) is 5.89. The molecule has 0 unspecified atom stereocenters. The monoisotopic (exact) mass is 297 g/mol. The molecule has 0 atom stereocenters. The summed E-state index contributed by atoms with van der Waals surface area (Å²) in [5, 5.41) is 3.78. The van der Waals surface area contributed by atoms with Crippen molar-refractivity contribution in [1.82, 2.24) is 0 Å². The van der Waals surface area contributed by atoms with Gasteiger partial charge in [0.1, 0.15) is 5.82 Å². The molecule has 0 bridgehead atoms. The van der Waals surface area contributed by atoms with Gasteiger partial charge in [0.25, 0.3) is 0 Å². The minimum Gasteiger partial charge on any atom is -0.380 e. The van der Waals surface area contributed by atoms with E-state index in [2.05, 4.69) is 26.1 Å². The van der Waals surface area contributed by atoms with Crippen molar-refractivity contribution in [1.29, 1.82) is 0 Å². The number of nitrogens with one attached hydrogen (secondary N) is 1. The molecular weight excluding hydrogens is 273 g/mol. The molecule has 1 saturated carbocycles. The molecule has 1 aromatic rings. The lowest BCUT2D eigenvalue weighted by Gasteiger charge is -2.39. The van der Waals surface area contributed by atoms with E-state index in [4.69, 9.17) is 11.6 Å². The van der Waals surface area contributed by atoms with Gasteiger partial charge in [-0.1, -0.05) is 38.8 Å². The minimum absolute atomic E-state index is 0.256. The number of hydrogen-bond donors (Lipinski definition) is 1. The lowest BCUT2D eigenvalue weighted by atomic mass is 9.69. The van der Waals surface area contributed by atoms with Crippen LogP contribution in [0.1, 0.15) is 52.9 Å². The average Bonchev–Trinajstić information content (AvgIpc) is 2.42. The Balaban J connectivity index is 1.91. The van der Waals surface area contributed by atoms with E-state index in [-0.39, 0.29) is 5.82 Å². The first-order chi connectivity index (χ1) is 9.42. The SMILES string of the molecule is CCC(C)(C)C1CCC(Nc2ccc(Cl)cc2F)CC1. The lowest BCUT2D eigenvalue weighted by Crippen LogP contribution is -2.32. The molecular formula is C17H25ClFN. The standard InChI is InChI=1S/C17H25ClFN/c1-4-17(2,3)12-5-8-14(9-6-12)20-16-10-7-13(18)11-15(16)19/h7,10-12,14,20H,4-6,8-9H2,1-3H3. The maximum absolute atomic E-state index is 13.8. The minimum atomic E-state index is -0.256. The van der Waals surface area contributed by atoms with Gasteiger partial charge in [-0.05, 0) is 55.2 Å².